The summed E-state index contributed by atoms with van der Waals surface area (Å²) >= 11 is 0. The number of carbonyl (C=O) groups excluding carboxylic acids is 1. The fourth-order valence-corrected chi connectivity index (χ4v) is 4.10. The predicted molar refractivity (Wildman–Crippen MR) is 145 cm³/mol. The quantitative estimate of drug-likeness (QED) is 0.244. The van der Waals surface area contributed by atoms with Gasteiger partial charge < -0.3 is 20.7 Å². The molecule has 4 rings (SSSR count). The van der Waals surface area contributed by atoms with E-state index in [0.29, 0.717) is 46.6 Å². The van der Waals surface area contributed by atoms with Crippen LogP contribution in [0.4, 0.5) is 23.0 Å². The van der Waals surface area contributed by atoms with Gasteiger partial charge in [-0.3, -0.25) is 9.48 Å². The summed E-state index contributed by atoms with van der Waals surface area (Å²) < 4.78 is 7.37. The van der Waals surface area contributed by atoms with Crippen molar-refractivity contribution in [1.82, 2.24) is 30.0 Å². The molecule has 10 heteroatoms. The number of ketones is 1. The maximum atomic E-state index is 12.7. The molecule has 0 aliphatic carbocycles. The van der Waals surface area contributed by atoms with Crippen molar-refractivity contribution in [2.45, 2.75) is 32.7 Å². The van der Waals surface area contributed by atoms with Gasteiger partial charge in [0.25, 0.3) is 0 Å². The van der Waals surface area contributed by atoms with Gasteiger partial charge in [-0.15, -0.1) is 0 Å². The Morgan fingerprint density at radius 3 is 2.46 bits per heavy atom. The van der Waals surface area contributed by atoms with Crippen LogP contribution in [0.1, 0.15) is 48.7 Å². The highest BCUT2D eigenvalue weighted by Gasteiger charge is 2.18. The Balaban J connectivity index is 1.66. The van der Waals surface area contributed by atoms with Gasteiger partial charge in [0.15, 0.2) is 17.4 Å². The van der Waals surface area contributed by atoms with E-state index < -0.39 is 0 Å². The normalized spacial score (nSPS) is 11.7. The molecule has 0 fully saturated rings. The zero-order valence-electron chi connectivity index (χ0n) is 21.7. The van der Waals surface area contributed by atoms with E-state index >= 15 is 0 Å². The van der Waals surface area contributed by atoms with Gasteiger partial charge in [-0.25, -0.2) is 15.0 Å². The van der Waals surface area contributed by atoms with Gasteiger partial charge >= 0.3 is 0 Å². The molecule has 0 saturated carbocycles. The lowest BCUT2D eigenvalue weighted by atomic mass is 10.1. The van der Waals surface area contributed by atoms with E-state index in [4.69, 9.17) is 4.74 Å². The number of aryl methyl sites for hydroxylation is 1. The average Bonchev–Trinajstić information content (AvgIpc) is 3.36. The molecule has 1 aromatic carbocycles. The van der Waals surface area contributed by atoms with Crippen molar-refractivity contribution in [3.63, 3.8) is 0 Å². The lowest BCUT2D eigenvalue weighted by molar-refractivity contribution is 0.0988. The van der Waals surface area contributed by atoms with Crippen molar-refractivity contribution in [3.8, 4) is 17.1 Å². The second-order valence-corrected chi connectivity index (χ2v) is 8.50. The zero-order valence-corrected chi connectivity index (χ0v) is 21.7. The first-order valence-corrected chi connectivity index (χ1v) is 12.2. The second kappa shape index (κ2) is 11.6. The molecule has 3 heterocycles. The largest absolute Gasteiger partial charge is 0.494 e. The molecule has 1 atom stereocenters. The Morgan fingerprint density at radius 2 is 1.84 bits per heavy atom. The molecule has 0 aliphatic heterocycles. The van der Waals surface area contributed by atoms with Gasteiger partial charge in [0.05, 0.1) is 29.6 Å². The number of para-hydroxylation sites is 1. The number of benzene rings is 1. The summed E-state index contributed by atoms with van der Waals surface area (Å²) in [6.45, 7) is 3.95. The van der Waals surface area contributed by atoms with Crippen molar-refractivity contribution in [2.24, 2.45) is 7.05 Å². The summed E-state index contributed by atoms with van der Waals surface area (Å²) in [4.78, 5) is 26.1. The monoisotopic (exact) mass is 500 g/mol. The van der Waals surface area contributed by atoms with E-state index in [1.165, 1.54) is 0 Å². The molecular formula is C27H32N8O2. The van der Waals surface area contributed by atoms with E-state index in [9.17, 15) is 4.79 Å². The van der Waals surface area contributed by atoms with Crippen LogP contribution in [0, 0.1) is 0 Å². The fraction of sp³-hybridized carbons (Fsp3) is 0.296. The van der Waals surface area contributed by atoms with Crippen LogP contribution in [0.25, 0.3) is 11.4 Å². The number of ether oxygens (including phenoxy) is 1. The summed E-state index contributed by atoms with van der Waals surface area (Å²) in [5.74, 6) is 2.30. The maximum absolute atomic E-state index is 12.7. The first kappa shape index (κ1) is 25.8. The van der Waals surface area contributed by atoms with Crippen LogP contribution in [0.2, 0.25) is 0 Å². The van der Waals surface area contributed by atoms with Gasteiger partial charge in [-0.05, 0) is 37.2 Å². The summed E-state index contributed by atoms with van der Waals surface area (Å²) in [5, 5.41) is 14.3. The van der Waals surface area contributed by atoms with Crippen molar-refractivity contribution >= 4 is 28.8 Å². The van der Waals surface area contributed by atoms with Crippen LogP contribution in [-0.2, 0) is 7.05 Å². The molecule has 10 nitrogen and oxygen atoms in total. The first-order chi connectivity index (χ1) is 18.0. The number of hydrogen-bond donors (Lipinski definition) is 3. The third kappa shape index (κ3) is 5.75. The fourth-order valence-electron chi connectivity index (χ4n) is 4.10. The van der Waals surface area contributed by atoms with Crippen LogP contribution >= 0.6 is 0 Å². The van der Waals surface area contributed by atoms with Crippen molar-refractivity contribution < 1.29 is 9.53 Å². The highest BCUT2D eigenvalue weighted by molar-refractivity contribution is 6.02. The molecule has 3 N–H and O–H groups in total. The number of methoxy groups -OCH3 is 1. The molecule has 192 valence electrons. The molecule has 3 aromatic heterocycles. The van der Waals surface area contributed by atoms with Crippen LogP contribution in [0.5, 0.6) is 5.75 Å². The van der Waals surface area contributed by atoms with Crippen LogP contribution in [0.3, 0.4) is 0 Å². The van der Waals surface area contributed by atoms with Crippen LogP contribution in [-0.4, -0.2) is 44.7 Å². The molecule has 4 aromatic rings. The summed E-state index contributed by atoms with van der Waals surface area (Å²) in [6, 6.07) is 11.7. The van der Waals surface area contributed by atoms with Crippen molar-refractivity contribution in [1.29, 1.82) is 0 Å². The van der Waals surface area contributed by atoms with Gasteiger partial charge in [0.2, 0.25) is 0 Å². The molecule has 0 radical (unpaired) electrons. The molecular weight excluding hydrogens is 468 g/mol. The third-order valence-electron chi connectivity index (χ3n) is 6.06. The number of nitrogens with zero attached hydrogens (tertiary/aromatic N) is 5. The Kier molecular flexibility index (Phi) is 8.09. The van der Waals surface area contributed by atoms with Gasteiger partial charge in [0, 0.05) is 38.0 Å². The first-order valence-electron chi connectivity index (χ1n) is 12.2. The minimum absolute atomic E-state index is 0.0248. The van der Waals surface area contributed by atoms with E-state index in [2.05, 4.69) is 42.9 Å². The van der Waals surface area contributed by atoms with E-state index in [1.807, 2.05) is 57.5 Å². The number of aromatic nitrogens is 5. The number of rotatable bonds is 11. The molecule has 0 amide bonds. The Morgan fingerprint density at radius 1 is 1.03 bits per heavy atom. The van der Waals surface area contributed by atoms with E-state index in [0.717, 1.165) is 17.5 Å². The Bertz CT molecular complexity index is 1360. The molecule has 37 heavy (non-hydrogen) atoms. The topological polar surface area (TPSA) is 119 Å². The zero-order chi connectivity index (χ0) is 26.4. The lowest BCUT2D eigenvalue weighted by Gasteiger charge is -2.17. The number of nitrogens with one attached hydrogen (secondary N) is 3. The van der Waals surface area contributed by atoms with Crippen molar-refractivity contribution in [2.75, 3.05) is 24.8 Å². The summed E-state index contributed by atoms with van der Waals surface area (Å²) in [5.41, 5.74) is 3.62. The number of anilines is 4. The third-order valence-corrected chi connectivity index (χ3v) is 6.06. The van der Waals surface area contributed by atoms with E-state index in [-0.39, 0.29) is 11.8 Å². The van der Waals surface area contributed by atoms with Crippen LogP contribution in [0.15, 0.2) is 55.1 Å². The molecule has 1 unspecified atom stereocenters. The highest BCUT2D eigenvalue weighted by atomic mass is 16.5. The smallest absolute Gasteiger partial charge is 0.184 e. The Labute approximate surface area is 216 Å². The minimum atomic E-state index is -0.0248. The van der Waals surface area contributed by atoms with Crippen molar-refractivity contribution in [3.05, 3.63) is 66.2 Å². The summed E-state index contributed by atoms with van der Waals surface area (Å²) in [6.07, 6.45) is 6.38. The predicted octanol–water partition coefficient (Wildman–Crippen LogP) is 5.03. The standard InChI is InChI=1S/C27H32N8O2/c1-6-20(28-3)17-11-12-24(29-14-17)33-25-13-22(19(15-30-25)23(36)7-2)32-21-10-8-9-18(26(21)37-5)27-31-16-35(4)34-27/h8-16,20,28H,6-7H2,1-5H3,(H2,29,30,32,33). The second-order valence-electron chi connectivity index (χ2n) is 8.50. The molecule has 0 saturated heterocycles. The van der Waals surface area contributed by atoms with Crippen LogP contribution < -0.4 is 20.7 Å². The number of Topliss-reactive ketones (excluding diaryl/α,β-unsaturated/α-hetero) is 1. The highest BCUT2D eigenvalue weighted by Crippen LogP contribution is 2.37. The molecule has 0 spiro atoms. The number of hydrogen-bond acceptors (Lipinski definition) is 9. The minimum Gasteiger partial charge on any atom is -0.494 e. The summed E-state index contributed by atoms with van der Waals surface area (Å²) in [7, 11) is 5.34. The maximum Gasteiger partial charge on any atom is 0.184 e. The number of carbonyl (C=O) groups is 1. The molecule has 0 bridgehead atoms. The lowest BCUT2D eigenvalue weighted by Crippen LogP contribution is -2.15. The van der Waals surface area contributed by atoms with Gasteiger partial charge in [-0.2, -0.15) is 5.10 Å². The van der Waals surface area contributed by atoms with Gasteiger partial charge in [-0.1, -0.05) is 26.0 Å². The average molecular weight is 501 g/mol. The van der Waals surface area contributed by atoms with Gasteiger partial charge in [0.1, 0.15) is 18.0 Å². The SMILES string of the molecule is CCC(=O)c1cnc(Nc2ccc(C(CC)NC)cn2)cc1Nc1cccc(-c2ncn(C)n2)c1OC. The Hall–Kier alpha value is -4.31. The molecule has 0 aliphatic rings. The number of pyridine rings is 2. The van der Waals surface area contributed by atoms with E-state index in [1.54, 1.807) is 30.4 Å².